The standard InChI is InChI=1S/C12H16N2O/c1-7-5-10-11(6-8(7)2)14(4)12(13-10)9(3)15/h5-6,9,15H,1-4H3. The molecule has 0 amide bonds. The summed E-state index contributed by atoms with van der Waals surface area (Å²) in [6, 6.07) is 4.18. The number of nitrogens with zero attached hydrogens (tertiary/aromatic N) is 2. The summed E-state index contributed by atoms with van der Waals surface area (Å²) in [6.45, 7) is 5.90. The van der Waals surface area contributed by atoms with E-state index in [0.29, 0.717) is 0 Å². The Morgan fingerprint density at radius 1 is 1.27 bits per heavy atom. The smallest absolute Gasteiger partial charge is 0.138 e. The van der Waals surface area contributed by atoms with Gasteiger partial charge in [0, 0.05) is 7.05 Å². The van der Waals surface area contributed by atoms with E-state index in [1.807, 2.05) is 11.6 Å². The van der Waals surface area contributed by atoms with Crippen LogP contribution in [0.25, 0.3) is 11.0 Å². The number of aromatic nitrogens is 2. The number of hydrogen-bond acceptors (Lipinski definition) is 2. The number of fused-ring (bicyclic) bond motifs is 1. The first-order valence-corrected chi connectivity index (χ1v) is 5.12. The molecule has 1 N–H and O–H groups in total. The predicted molar refractivity (Wildman–Crippen MR) is 60.8 cm³/mol. The summed E-state index contributed by atoms with van der Waals surface area (Å²) in [6.07, 6.45) is -0.525. The van der Waals surface area contributed by atoms with Gasteiger partial charge in [-0.2, -0.15) is 0 Å². The highest BCUT2D eigenvalue weighted by Crippen LogP contribution is 2.22. The molecule has 1 aromatic heterocycles. The van der Waals surface area contributed by atoms with Crippen molar-refractivity contribution in [3.63, 3.8) is 0 Å². The molecular formula is C12H16N2O. The zero-order valence-corrected chi connectivity index (χ0v) is 9.57. The van der Waals surface area contributed by atoms with Crippen LogP contribution in [0, 0.1) is 13.8 Å². The summed E-state index contributed by atoms with van der Waals surface area (Å²) in [5.41, 5.74) is 4.52. The van der Waals surface area contributed by atoms with Gasteiger partial charge in [0.25, 0.3) is 0 Å². The van der Waals surface area contributed by atoms with E-state index in [4.69, 9.17) is 0 Å². The fourth-order valence-corrected chi connectivity index (χ4v) is 1.84. The summed E-state index contributed by atoms with van der Waals surface area (Å²) < 4.78 is 1.95. The van der Waals surface area contributed by atoms with E-state index in [1.54, 1.807) is 6.92 Å². The van der Waals surface area contributed by atoms with Gasteiger partial charge in [0.1, 0.15) is 11.9 Å². The molecule has 2 rings (SSSR count). The fourth-order valence-electron chi connectivity index (χ4n) is 1.84. The predicted octanol–water partition coefficient (Wildman–Crippen LogP) is 2.24. The highest BCUT2D eigenvalue weighted by molar-refractivity contribution is 5.78. The van der Waals surface area contributed by atoms with Crippen molar-refractivity contribution in [3.8, 4) is 0 Å². The van der Waals surface area contributed by atoms with E-state index in [0.717, 1.165) is 16.9 Å². The zero-order chi connectivity index (χ0) is 11.2. The molecule has 2 aromatic rings. The molecule has 0 aliphatic heterocycles. The van der Waals surface area contributed by atoms with Crippen molar-refractivity contribution in [2.45, 2.75) is 26.9 Å². The van der Waals surface area contributed by atoms with Crippen LogP contribution in [-0.2, 0) is 7.05 Å². The highest BCUT2D eigenvalue weighted by Gasteiger charge is 2.12. The maximum absolute atomic E-state index is 9.56. The number of hydrogen-bond donors (Lipinski definition) is 1. The minimum absolute atomic E-state index is 0.525. The number of aliphatic hydroxyl groups excluding tert-OH is 1. The van der Waals surface area contributed by atoms with Crippen LogP contribution in [-0.4, -0.2) is 14.7 Å². The van der Waals surface area contributed by atoms with Gasteiger partial charge < -0.3 is 9.67 Å². The molecule has 3 nitrogen and oxygen atoms in total. The van der Waals surface area contributed by atoms with Gasteiger partial charge in [0.15, 0.2) is 0 Å². The average molecular weight is 204 g/mol. The Bertz CT molecular complexity index is 512. The molecule has 0 bridgehead atoms. The van der Waals surface area contributed by atoms with Gasteiger partial charge in [0.2, 0.25) is 0 Å². The van der Waals surface area contributed by atoms with E-state index in [9.17, 15) is 5.11 Å². The molecule has 0 saturated carbocycles. The first kappa shape index (κ1) is 10.2. The maximum atomic E-state index is 9.56. The van der Waals surface area contributed by atoms with Crippen LogP contribution in [0.3, 0.4) is 0 Å². The van der Waals surface area contributed by atoms with E-state index in [1.165, 1.54) is 11.1 Å². The molecule has 15 heavy (non-hydrogen) atoms. The number of rotatable bonds is 1. The molecule has 0 spiro atoms. The Labute approximate surface area is 89.4 Å². The number of aliphatic hydroxyl groups is 1. The lowest BCUT2D eigenvalue weighted by molar-refractivity contribution is 0.186. The van der Waals surface area contributed by atoms with Crippen LogP contribution in [0.4, 0.5) is 0 Å². The van der Waals surface area contributed by atoms with Gasteiger partial charge >= 0.3 is 0 Å². The zero-order valence-electron chi connectivity index (χ0n) is 9.57. The van der Waals surface area contributed by atoms with E-state index >= 15 is 0 Å². The third-order valence-electron chi connectivity index (χ3n) is 2.90. The maximum Gasteiger partial charge on any atom is 0.138 e. The molecule has 1 heterocycles. The number of benzene rings is 1. The minimum Gasteiger partial charge on any atom is -0.385 e. The molecule has 80 valence electrons. The molecular weight excluding hydrogens is 188 g/mol. The topological polar surface area (TPSA) is 38.1 Å². The summed E-state index contributed by atoms with van der Waals surface area (Å²) >= 11 is 0. The monoisotopic (exact) mass is 204 g/mol. The quantitative estimate of drug-likeness (QED) is 0.773. The first-order chi connectivity index (χ1) is 7.00. The van der Waals surface area contributed by atoms with Gasteiger partial charge in [-0.15, -0.1) is 0 Å². The molecule has 3 heteroatoms. The summed E-state index contributed by atoms with van der Waals surface area (Å²) in [4.78, 5) is 4.43. The first-order valence-electron chi connectivity index (χ1n) is 5.12. The Balaban J connectivity index is 2.77. The third kappa shape index (κ3) is 1.53. The largest absolute Gasteiger partial charge is 0.385 e. The SMILES string of the molecule is Cc1cc2nc(C(C)O)n(C)c2cc1C. The lowest BCUT2D eigenvalue weighted by Gasteiger charge is -2.04. The third-order valence-corrected chi connectivity index (χ3v) is 2.90. The van der Waals surface area contributed by atoms with Crippen LogP contribution in [0.5, 0.6) is 0 Å². The van der Waals surface area contributed by atoms with E-state index in [-0.39, 0.29) is 0 Å². The van der Waals surface area contributed by atoms with Crippen LogP contribution >= 0.6 is 0 Å². The molecule has 1 unspecified atom stereocenters. The highest BCUT2D eigenvalue weighted by atomic mass is 16.3. The Morgan fingerprint density at radius 3 is 2.47 bits per heavy atom. The van der Waals surface area contributed by atoms with Gasteiger partial charge in [-0.05, 0) is 44.0 Å². The average Bonchev–Trinajstić information content (AvgIpc) is 2.46. The van der Waals surface area contributed by atoms with Crippen LogP contribution < -0.4 is 0 Å². The van der Waals surface area contributed by atoms with Crippen molar-refractivity contribution in [1.29, 1.82) is 0 Å². The van der Waals surface area contributed by atoms with Crippen LogP contribution in [0.1, 0.15) is 30.0 Å². The second kappa shape index (κ2) is 3.35. The molecule has 1 atom stereocenters. The molecule has 1 aromatic carbocycles. The second-order valence-corrected chi connectivity index (χ2v) is 4.13. The van der Waals surface area contributed by atoms with E-state index in [2.05, 4.69) is 31.0 Å². The Hall–Kier alpha value is -1.35. The van der Waals surface area contributed by atoms with Gasteiger partial charge in [-0.3, -0.25) is 0 Å². The fraction of sp³-hybridized carbons (Fsp3) is 0.417. The number of imidazole rings is 1. The summed E-state index contributed by atoms with van der Waals surface area (Å²) in [5.74, 6) is 0.718. The molecule has 0 saturated heterocycles. The van der Waals surface area contributed by atoms with Crippen molar-refractivity contribution >= 4 is 11.0 Å². The Kier molecular flexibility index (Phi) is 2.27. The second-order valence-electron chi connectivity index (χ2n) is 4.13. The van der Waals surface area contributed by atoms with Crippen molar-refractivity contribution < 1.29 is 5.11 Å². The normalized spacial score (nSPS) is 13.4. The van der Waals surface area contributed by atoms with Gasteiger partial charge in [0.05, 0.1) is 11.0 Å². The van der Waals surface area contributed by atoms with E-state index < -0.39 is 6.10 Å². The number of aryl methyl sites for hydroxylation is 3. The summed E-state index contributed by atoms with van der Waals surface area (Å²) in [5, 5.41) is 9.56. The van der Waals surface area contributed by atoms with Crippen molar-refractivity contribution in [3.05, 3.63) is 29.1 Å². The molecule has 0 fully saturated rings. The minimum atomic E-state index is -0.525. The molecule has 0 radical (unpaired) electrons. The Morgan fingerprint density at radius 2 is 1.87 bits per heavy atom. The lowest BCUT2D eigenvalue weighted by Crippen LogP contribution is -2.01. The van der Waals surface area contributed by atoms with Crippen molar-refractivity contribution in [2.75, 3.05) is 0 Å². The van der Waals surface area contributed by atoms with Crippen molar-refractivity contribution in [2.24, 2.45) is 7.05 Å². The molecule has 0 aliphatic rings. The van der Waals surface area contributed by atoms with Gasteiger partial charge in [-0.1, -0.05) is 0 Å². The van der Waals surface area contributed by atoms with Gasteiger partial charge in [-0.25, -0.2) is 4.98 Å². The lowest BCUT2D eigenvalue weighted by atomic mass is 10.1. The molecule has 0 aliphatic carbocycles. The van der Waals surface area contributed by atoms with Crippen LogP contribution in [0.2, 0.25) is 0 Å². The summed E-state index contributed by atoms with van der Waals surface area (Å²) in [7, 11) is 1.94. The van der Waals surface area contributed by atoms with Crippen molar-refractivity contribution in [1.82, 2.24) is 9.55 Å². The van der Waals surface area contributed by atoms with Crippen LogP contribution in [0.15, 0.2) is 12.1 Å².